The van der Waals surface area contributed by atoms with E-state index in [0.717, 1.165) is 6.42 Å². The number of sulfonamides is 1. The highest BCUT2D eigenvalue weighted by molar-refractivity contribution is 7.88. The second-order valence-electron chi connectivity index (χ2n) is 4.03. The van der Waals surface area contributed by atoms with E-state index >= 15 is 0 Å². The van der Waals surface area contributed by atoms with Gasteiger partial charge in [-0.2, -0.15) is 0 Å². The number of hydrogen-bond donors (Lipinski definition) is 0. The first kappa shape index (κ1) is 9.99. The topological polar surface area (TPSA) is 37.4 Å². The van der Waals surface area contributed by atoms with Crippen molar-refractivity contribution in [3.05, 3.63) is 0 Å². The molecule has 0 aromatic rings. The third-order valence-electron chi connectivity index (χ3n) is 2.30. The van der Waals surface area contributed by atoms with E-state index in [1.807, 2.05) is 0 Å². The van der Waals surface area contributed by atoms with Crippen molar-refractivity contribution in [2.24, 2.45) is 11.8 Å². The average molecular weight is 191 g/mol. The van der Waals surface area contributed by atoms with Crippen molar-refractivity contribution in [3.63, 3.8) is 0 Å². The molecule has 0 spiro atoms. The maximum Gasteiger partial charge on any atom is 0.211 e. The van der Waals surface area contributed by atoms with E-state index < -0.39 is 10.0 Å². The van der Waals surface area contributed by atoms with Gasteiger partial charge in [0.15, 0.2) is 0 Å². The van der Waals surface area contributed by atoms with Crippen LogP contribution in [0.25, 0.3) is 0 Å². The second-order valence-corrected chi connectivity index (χ2v) is 6.01. The minimum atomic E-state index is -2.96. The molecular formula is C8H17NO2S. The molecule has 1 saturated heterocycles. The number of nitrogens with zero attached hydrogens (tertiary/aromatic N) is 1. The molecule has 1 aliphatic rings. The molecule has 0 amide bonds. The van der Waals surface area contributed by atoms with Crippen LogP contribution in [0.15, 0.2) is 0 Å². The molecule has 0 aromatic heterocycles. The molecule has 12 heavy (non-hydrogen) atoms. The Hall–Kier alpha value is -0.0900. The van der Waals surface area contributed by atoms with E-state index in [4.69, 9.17) is 0 Å². The number of hydrogen-bond acceptors (Lipinski definition) is 2. The van der Waals surface area contributed by atoms with Gasteiger partial charge in [0, 0.05) is 13.1 Å². The Morgan fingerprint density at radius 3 is 1.92 bits per heavy atom. The Morgan fingerprint density at radius 2 is 1.58 bits per heavy atom. The summed E-state index contributed by atoms with van der Waals surface area (Å²) >= 11 is 0. The van der Waals surface area contributed by atoms with E-state index in [1.165, 1.54) is 6.26 Å². The molecule has 0 unspecified atom stereocenters. The van der Waals surface area contributed by atoms with E-state index in [9.17, 15) is 8.42 Å². The quantitative estimate of drug-likeness (QED) is 0.618. The van der Waals surface area contributed by atoms with Crippen LogP contribution in [-0.4, -0.2) is 32.1 Å². The summed E-state index contributed by atoms with van der Waals surface area (Å²) in [5.74, 6) is 1.01. The fourth-order valence-electron chi connectivity index (χ4n) is 1.88. The predicted molar refractivity (Wildman–Crippen MR) is 49.4 cm³/mol. The van der Waals surface area contributed by atoms with Crippen LogP contribution in [0.5, 0.6) is 0 Å². The largest absolute Gasteiger partial charge is 0.213 e. The lowest BCUT2D eigenvalue weighted by atomic mass is 9.94. The lowest BCUT2D eigenvalue weighted by molar-refractivity contribution is 0.223. The fourth-order valence-corrected chi connectivity index (χ4v) is 2.93. The first-order valence-electron chi connectivity index (χ1n) is 4.34. The Balaban J connectivity index is 2.68. The van der Waals surface area contributed by atoms with Crippen molar-refractivity contribution in [1.82, 2.24) is 4.31 Å². The highest BCUT2D eigenvalue weighted by atomic mass is 32.2. The maximum absolute atomic E-state index is 11.2. The van der Waals surface area contributed by atoms with Crippen molar-refractivity contribution in [2.45, 2.75) is 20.3 Å². The molecule has 4 heteroatoms. The van der Waals surface area contributed by atoms with Gasteiger partial charge in [0.25, 0.3) is 0 Å². The minimum Gasteiger partial charge on any atom is -0.213 e. The highest BCUT2D eigenvalue weighted by Crippen LogP contribution is 2.22. The Bertz CT molecular complexity index is 238. The second kappa shape index (κ2) is 3.34. The van der Waals surface area contributed by atoms with E-state index in [-0.39, 0.29) is 0 Å². The Kier molecular flexibility index (Phi) is 2.78. The zero-order valence-electron chi connectivity index (χ0n) is 7.95. The standard InChI is InChI=1S/C8H17NO2S/c1-7-4-8(2)6-9(5-7)12(3,10)11/h7-8H,4-6H2,1-3H3/t7-,8+. The van der Waals surface area contributed by atoms with E-state index in [1.54, 1.807) is 4.31 Å². The third kappa shape index (κ3) is 2.45. The molecule has 1 fully saturated rings. The molecule has 0 aromatic carbocycles. The molecule has 2 atom stereocenters. The average Bonchev–Trinajstić information content (AvgIpc) is 1.82. The van der Waals surface area contributed by atoms with Gasteiger partial charge in [0.1, 0.15) is 0 Å². The van der Waals surface area contributed by atoms with Crippen LogP contribution in [0, 0.1) is 11.8 Å². The van der Waals surface area contributed by atoms with Crippen molar-refractivity contribution in [1.29, 1.82) is 0 Å². The number of piperidine rings is 1. The van der Waals surface area contributed by atoms with Crippen molar-refractivity contribution in [3.8, 4) is 0 Å². The molecule has 1 rings (SSSR count). The van der Waals surface area contributed by atoms with Gasteiger partial charge in [-0.05, 0) is 18.3 Å². The molecule has 3 nitrogen and oxygen atoms in total. The highest BCUT2D eigenvalue weighted by Gasteiger charge is 2.27. The van der Waals surface area contributed by atoms with Gasteiger partial charge in [0.05, 0.1) is 6.26 Å². The van der Waals surface area contributed by atoms with E-state index in [0.29, 0.717) is 24.9 Å². The molecule has 1 aliphatic heterocycles. The Morgan fingerprint density at radius 1 is 1.17 bits per heavy atom. The van der Waals surface area contributed by atoms with Gasteiger partial charge < -0.3 is 0 Å². The molecule has 0 saturated carbocycles. The summed E-state index contributed by atoms with van der Waals surface area (Å²) in [4.78, 5) is 0. The van der Waals surface area contributed by atoms with Gasteiger partial charge in [-0.3, -0.25) is 0 Å². The van der Waals surface area contributed by atoms with Crippen molar-refractivity contribution in [2.75, 3.05) is 19.3 Å². The lowest BCUT2D eigenvalue weighted by Gasteiger charge is -2.32. The predicted octanol–water partition coefficient (Wildman–Crippen LogP) is 0.924. The van der Waals surface area contributed by atoms with Crippen LogP contribution in [0.4, 0.5) is 0 Å². The molecule has 72 valence electrons. The van der Waals surface area contributed by atoms with Crippen LogP contribution in [0.1, 0.15) is 20.3 Å². The lowest BCUT2D eigenvalue weighted by Crippen LogP contribution is -2.41. The van der Waals surface area contributed by atoms with Gasteiger partial charge in [0.2, 0.25) is 10.0 Å². The fraction of sp³-hybridized carbons (Fsp3) is 1.00. The SMILES string of the molecule is C[C@@H]1C[C@H](C)CN(S(C)(=O)=O)C1. The van der Waals surface area contributed by atoms with Crippen LogP contribution in [-0.2, 0) is 10.0 Å². The van der Waals surface area contributed by atoms with Crippen molar-refractivity contribution >= 4 is 10.0 Å². The van der Waals surface area contributed by atoms with Gasteiger partial charge in [-0.1, -0.05) is 13.8 Å². The van der Waals surface area contributed by atoms with Crippen LogP contribution >= 0.6 is 0 Å². The minimum absolute atomic E-state index is 0.503. The summed E-state index contributed by atoms with van der Waals surface area (Å²) in [6, 6.07) is 0. The summed E-state index contributed by atoms with van der Waals surface area (Å²) in [6.07, 6.45) is 2.43. The normalized spacial score (nSPS) is 33.6. The van der Waals surface area contributed by atoms with Gasteiger partial charge >= 0.3 is 0 Å². The summed E-state index contributed by atoms with van der Waals surface area (Å²) < 4.78 is 24.0. The number of rotatable bonds is 1. The van der Waals surface area contributed by atoms with Gasteiger partial charge in [-0.15, -0.1) is 0 Å². The smallest absolute Gasteiger partial charge is 0.211 e. The molecular weight excluding hydrogens is 174 g/mol. The van der Waals surface area contributed by atoms with Crippen LogP contribution < -0.4 is 0 Å². The van der Waals surface area contributed by atoms with Crippen molar-refractivity contribution < 1.29 is 8.42 Å². The monoisotopic (exact) mass is 191 g/mol. The zero-order chi connectivity index (χ0) is 9.35. The first-order valence-corrected chi connectivity index (χ1v) is 6.19. The molecule has 0 aliphatic carbocycles. The zero-order valence-corrected chi connectivity index (χ0v) is 8.76. The third-order valence-corrected chi connectivity index (χ3v) is 3.54. The molecule has 0 N–H and O–H groups in total. The van der Waals surface area contributed by atoms with Crippen LogP contribution in [0.2, 0.25) is 0 Å². The summed E-state index contributed by atoms with van der Waals surface area (Å²) in [5.41, 5.74) is 0. The van der Waals surface area contributed by atoms with E-state index in [2.05, 4.69) is 13.8 Å². The molecule has 1 heterocycles. The maximum atomic E-state index is 11.2. The summed E-state index contributed by atoms with van der Waals surface area (Å²) in [6.45, 7) is 5.61. The molecule has 0 radical (unpaired) electrons. The van der Waals surface area contributed by atoms with Crippen LogP contribution in [0.3, 0.4) is 0 Å². The summed E-state index contributed by atoms with van der Waals surface area (Å²) in [7, 11) is -2.96. The first-order chi connectivity index (χ1) is 5.39. The summed E-state index contributed by atoms with van der Waals surface area (Å²) in [5, 5.41) is 0. The van der Waals surface area contributed by atoms with Gasteiger partial charge in [-0.25, -0.2) is 12.7 Å². The Labute approximate surface area is 74.8 Å². The molecule has 0 bridgehead atoms.